The van der Waals surface area contributed by atoms with Crippen LogP contribution in [-0.2, 0) is 13.0 Å². The molecule has 1 saturated carbocycles. The Morgan fingerprint density at radius 1 is 1.30 bits per heavy atom. The van der Waals surface area contributed by atoms with Crippen molar-refractivity contribution in [1.29, 1.82) is 0 Å². The van der Waals surface area contributed by atoms with Crippen LogP contribution in [0.2, 0.25) is 0 Å². The normalized spacial score (nSPS) is 27.8. The first-order valence-corrected chi connectivity index (χ1v) is 8.02. The Hall–Kier alpha value is -0.900. The Morgan fingerprint density at radius 2 is 2.05 bits per heavy atom. The first-order chi connectivity index (χ1) is 9.45. The molecule has 1 aromatic heterocycles. The van der Waals surface area contributed by atoms with Gasteiger partial charge in [0.15, 0.2) is 0 Å². The lowest BCUT2D eigenvalue weighted by molar-refractivity contribution is 0.0994. The summed E-state index contributed by atoms with van der Waals surface area (Å²) in [7, 11) is 0. The van der Waals surface area contributed by atoms with Gasteiger partial charge in [-0.3, -0.25) is 4.68 Å². The second-order valence-electron chi connectivity index (χ2n) is 7.33. The molecule has 0 saturated heterocycles. The quantitative estimate of drug-likeness (QED) is 0.921. The molecule has 20 heavy (non-hydrogen) atoms. The molecule has 4 nitrogen and oxygen atoms in total. The Morgan fingerprint density at radius 3 is 2.65 bits per heavy atom. The fourth-order valence-electron chi connectivity index (χ4n) is 3.62. The van der Waals surface area contributed by atoms with Crippen LogP contribution < -0.4 is 5.73 Å². The molecule has 2 rings (SSSR count). The predicted molar refractivity (Wildman–Crippen MR) is 82.2 cm³/mol. The largest absolute Gasteiger partial charge is 0.330 e. The minimum atomic E-state index is 0.399. The summed E-state index contributed by atoms with van der Waals surface area (Å²) < 4.78 is 2.02. The maximum absolute atomic E-state index is 6.00. The van der Waals surface area contributed by atoms with Crippen LogP contribution in [0.15, 0.2) is 6.33 Å². The molecule has 1 aromatic rings. The van der Waals surface area contributed by atoms with Crippen molar-refractivity contribution < 1.29 is 0 Å². The molecule has 2 N–H and O–H groups in total. The van der Waals surface area contributed by atoms with Gasteiger partial charge in [0.1, 0.15) is 12.2 Å². The minimum Gasteiger partial charge on any atom is -0.330 e. The van der Waals surface area contributed by atoms with Gasteiger partial charge < -0.3 is 5.73 Å². The van der Waals surface area contributed by atoms with E-state index in [1.807, 2.05) is 4.68 Å². The van der Waals surface area contributed by atoms with Crippen LogP contribution >= 0.6 is 0 Å². The molecule has 3 unspecified atom stereocenters. The molecular formula is C16H30N4. The third-order valence-corrected chi connectivity index (χ3v) is 5.11. The van der Waals surface area contributed by atoms with Crippen LogP contribution in [0.3, 0.4) is 0 Å². The molecule has 1 aliphatic rings. The van der Waals surface area contributed by atoms with Crippen molar-refractivity contribution >= 4 is 0 Å². The van der Waals surface area contributed by atoms with Gasteiger partial charge in [0.05, 0.1) is 0 Å². The summed E-state index contributed by atoms with van der Waals surface area (Å²) in [6.45, 7) is 10.9. The van der Waals surface area contributed by atoms with Crippen LogP contribution in [0.4, 0.5) is 0 Å². The van der Waals surface area contributed by atoms with Crippen LogP contribution in [-0.4, -0.2) is 21.3 Å². The van der Waals surface area contributed by atoms with E-state index in [0.29, 0.717) is 17.3 Å². The highest BCUT2D eigenvalue weighted by Crippen LogP contribution is 2.43. The van der Waals surface area contributed by atoms with Gasteiger partial charge in [-0.2, -0.15) is 5.10 Å². The molecule has 114 valence electrons. The van der Waals surface area contributed by atoms with Gasteiger partial charge in [-0.15, -0.1) is 0 Å². The lowest BCUT2D eigenvalue weighted by Gasteiger charge is -2.41. The molecule has 0 amide bonds. The first kappa shape index (κ1) is 15.5. The van der Waals surface area contributed by atoms with E-state index in [1.54, 1.807) is 6.33 Å². The number of hydrogen-bond donors (Lipinski definition) is 1. The fourth-order valence-corrected chi connectivity index (χ4v) is 3.62. The molecule has 1 fully saturated rings. The third kappa shape index (κ3) is 3.40. The van der Waals surface area contributed by atoms with Gasteiger partial charge in [0.2, 0.25) is 0 Å². The van der Waals surface area contributed by atoms with Crippen LogP contribution in [0, 0.1) is 23.2 Å². The molecule has 1 aliphatic carbocycles. The van der Waals surface area contributed by atoms with E-state index in [4.69, 9.17) is 5.73 Å². The van der Waals surface area contributed by atoms with Crippen molar-refractivity contribution in [2.45, 2.75) is 59.9 Å². The average Bonchev–Trinajstić information content (AvgIpc) is 2.85. The Kier molecular flexibility index (Phi) is 4.84. The zero-order chi connectivity index (χ0) is 14.8. The van der Waals surface area contributed by atoms with Crippen molar-refractivity contribution in [1.82, 2.24) is 14.8 Å². The van der Waals surface area contributed by atoms with Crippen molar-refractivity contribution in [2.24, 2.45) is 28.9 Å². The maximum Gasteiger partial charge on any atom is 0.138 e. The number of nitrogens with two attached hydrogens (primary N) is 1. The molecule has 0 radical (unpaired) electrons. The Balaban J connectivity index is 2.09. The smallest absolute Gasteiger partial charge is 0.138 e. The van der Waals surface area contributed by atoms with Crippen molar-refractivity contribution in [2.75, 3.05) is 6.54 Å². The molecule has 1 heterocycles. The second-order valence-corrected chi connectivity index (χ2v) is 7.33. The monoisotopic (exact) mass is 278 g/mol. The number of aryl methyl sites for hydroxylation is 1. The van der Waals surface area contributed by atoms with Crippen LogP contribution in [0.1, 0.15) is 52.8 Å². The highest BCUT2D eigenvalue weighted by molar-refractivity contribution is 4.93. The molecule has 0 aliphatic heterocycles. The van der Waals surface area contributed by atoms with Crippen molar-refractivity contribution in [3.63, 3.8) is 0 Å². The summed E-state index contributed by atoms with van der Waals surface area (Å²) >= 11 is 0. The van der Waals surface area contributed by atoms with Gasteiger partial charge in [-0.05, 0) is 55.9 Å². The topological polar surface area (TPSA) is 56.7 Å². The molecular weight excluding hydrogens is 248 g/mol. The Bertz CT molecular complexity index is 418. The van der Waals surface area contributed by atoms with E-state index >= 15 is 0 Å². The highest BCUT2D eigenvalue weighted by Gasteiger charge is 2.35. The molecule has 3 atom stereocenters. The van der Waals surface area contributed by atoms with E-state index in [2.05, 4.69) is 37.8 Å². The number of aromatic nitrogens is 3. The number of hydrogen-bond acceptors (Lipinski definition) is 3. The van der Waals surface area contributed by atoms with E-state index in [0.717, 1.165) is 31.3 Å². The summed E-state index contributed by atoms with van der Waals surface area (Å²) in [6, 6.07) is 0. The van der Waals surface area contributed by atoms with E-state index < -0.39 is 0 Å². The van der Waals surface area contributed by atoms with Crippen molar-refractivity contribution in [3.8, 4) is 0 Å². The lowest BCUT2D eigenvalue weighted by Crippen LogP contribution is -2.36. The van der Waals surface area contributed by atoms with Crippen LogP contribution in [0.25, 0.3) is 0 Å². The standard InChI is InChI=1S/C16H30N4/c1-5-20-15(18-11-19-20)9-13-8-14(16(2,3)4)7-6-12(13)10-17/h11-14H,5-10,17H2,1-4H3. The van der Waals surface area contributed by atoms with E-state index in [9.17, 15) is 0 Å². The summed E-state index contributed by atoms with van der Waals surface area (Å²) in [5, 5.41) is 4.29. The molecule has 0 aromatic carbocycles. The minimum absolute atomic E-state index is 0.399. The zero-order valence-electron chi connectivity index (χ0n) is 13.5. The van der Waals surface area contributed by atoms with Gasteiger partial charge in [0.25, 0.3) is 0 Å². The van der Waals surface area contributed by atoms with Gasteiger partial charge in [0, 0.05) is 13.0 Å². The van der Waals surface area contributed by atoms with Crippen molar-refractivity contribution in [3.05, 3.63) is 12.2 Å². The highest BCUT2D eigenvalue weighted by atomic mass is 15.3. The van der Waals surface area contributed by atoms with Gasteiger partial charge >= 0.3 is 0 Å². The van der Waals surface area contributed by atoms with Gasteiger partial charge in [-0.1, -0.05) is 20.8 Å². The third-order valence-electron chi connectivity index (χ3n) is 5.11. The predicted octanol–water partition coefficient (Wildman–Crippen LogP) is 2.88. The number of nitrogens with zero attached hydrogens (tertiary/aromatic N) is 3. The Labute approximate surface area is 123 Å². The van der Waals surface area contributed by atoms with E-state index in [-0.39, 0.29) is 0 Å². The second kappa shape index (κ2) is 6.25. The van der Waals surface area contributed by atoms with E-state index in [1.165, 1.54) is 19.3 Å². The summed E-state index contributed by atoms with van der Waals surface area (Å²) in [5.74, 6) is 3.24. The summed E-state index contributed by atoms with van der Waals surface area (Å²) in [5.41, 5.74) is 6.40. The SMILES string of the molecule is CCn1ncnc1CC1CC(C(C)(C)C)CCC1CN. The average molecular weight is 278 g/mol. The van der Waals surface area contributed by atoms with Crippen LogP contribution in [0.5, 0.6) is 0 Å². The molecule has 0 bridgehead atoms. The van der Waals surface area contributed by atoms with Gasteiger partial charge in [-0.25, -0.2) is 4.98 Å². The zero-order valence-corrected chi connectivity index (χ0v) is 13.5. The summed E-state index contributed by atoms with van der Waals surface area (Å²) in [4.78, 5) is 4.45. The maximum atomic E-state index is 6.00. The summed E-state index contributed by atoms with van der Waals surface area (Å²) in [6.07, 6.45) is 6.58. The first-order valence-electron chi connectivity index (χ1n) is 8.02. The molecule has 4 heteroatoms. The molecule has 0 spiro atoms. The lowest BCUT2D eigenvalue weighted by atomic mass is 9.65. The fraction of sp³-hybridized carbons (Fsp3) is 0.875. The number of rotatable bonds is 4.